The third-order valence-corrected chi connectivity index (χ3v) is 4.30. The molecule has 4 nitrogen and oxygen atoms in total. The first-order valence-corrected chi connectivity index (χ1v) is 7.23. The van der Waals surface area contributed by atoms with Crippen molar-refractivity contribution in [1.82, 2.24) is 5.32 Å². The Labute approximate surface area is 136 Å². The average Bonchev–Trinajstić information content (AvgIpc) is 2.39. The minimum Gasteiger partial charge on any atom is -0.383 e. The summed E-state index contributed by atoms with van der Waals surface area (Å²) in [6.45, 7) is 0.852. The van der Waals surface area contributed by atoms with E-state index in [0.29, 0.717) is 6.54 Å². The first kappa shape index (κ1) is 18.2. The van der Waals surface area contributed by atoms with Gasteiger partial charge in [-0.25, -0.2) is 0 Å². The molecule has 0 saturated heterocycles. The fourth-order valence-electron chi connectivity index (χ4n) is 2.62. The molecule has 0 aromatic heterocycles. The molecule has 2 rings (SSSR count). The van der Waals surface area contributed by atoms with E-state index in [4.69, 9.17) is 22.1 Å². The van der Waals surface area contributed by atoms with Crippen LogP contribution in [0.4, 0.5) is 0 Å². The van der Waals surface area contributed by atoms with Gasteiger partial charge in [-0.3, -0.25) is 4.79 Å². The van der Waals surface area contributed by atoms with Crippen molar-refractivity contribution in [1.29, 1.82) is 0 Å². The van der Waals surface area contributed by atoms with E-state index in [9.17, 15) is 4.79 Å². The minimum atomic E-state index is -0.609. The standard InChI is InChI=1S/C15H21ClN2O2.ClH/c1-20-9-13(17)14(19)18-10-15(7-2-8-15)11-3-5-12(16)6-4-11;/h3-6,13H,2,7-10,17H2,1H3,(H,18,19);1H. The van der Waals surface area contributed by atoms with Crippen LogP contribution < -0.4 is 11.1 Å². The number of hydrogen-bond acceptors (Lipinski definition) is 3. The van der Waals surface area contributed by atoms with E-state index in [0.717, 1.165) is 17.9 Å². The summed E-state index contributed by atoms with van der Waals surface area (Å²) in [7, 11) is 1.54. The van der Waals surface area contributed by atoms with Gasteiger partial charge in [0.1, 0.15) is 6.04 Å². The number of methoxy groups -OCH3 is 1. The van der Waals surface area contributed by atoms with Crippen molar-refractivity contribution in [2.75, 3.05) is 20.3 Å². The summed E-state index contributed by atoms with van der Waals surface area (Å²) in [6.07, 6.45) is 3.34. The third-order valence-electron chi connectivity index (χ3n) is 4.05. The smallest absolute Gasteiger partial charge is 0.239 e. The second kappa shape index (κ2) is 7.99. The number of ether oxygens (including phenoxy) is 1. The van der Waals surface area contributed by atoms with Crippen molar-refractivity contribution in [3.8, 4) is 0 Å². The van der Waals surface area contributed by atoms with Gasteiger partial charge in [-0.2, -0.15) is 0 Å². The summed E-state index contributed by atoms with van der Waals surface area (Å²) < 4.78 is 4.89. The van der Waals surface area contributed by atoms with Crippen molar-refractivity contribution in [3.05, 3.63) is 34.9 Å². The molecular weight excluding hydrogens is 311 g/mol. The van der Waals surface area contributed by atoms with Gasteiger partial charge >= 0.3 is 0 Å². The van der Waals surface area contributed by atoms with E-state index in [-0.39, 0.29) is 30.3 Å². The quantitative estimate of drug-likeness (QED) is 0.839. The van der Waals surface area contributed by atoms with E-state index in [2.05, 4.69) is 5.32 Å². The Morgan fingerprint density at radius 3 is 2.52 bits per heavy atom. The fraction of sp³-hybridized carbons (Fsp3) is 0.533. The number of nitrogens with one attached hydrogen (secondary N) is 1. The summed E-state index contributed by atoms with van der Waals surface area (Å²) in [5, 5.41) is 3.68. The molecule has 0 aliphatic heterocycles. The van der Waals surface area contributed by atoms with Crippen LogP contribution in [0.5, 0.6) is 0 Å². The Hall–Kier alpha value is -0.810. The Kier molecular flexibility index (Phi) is 6.94. The highest BCUT2D eigenvalue weighted by Gasteiger charge is 2.39. The van der Waals surface area contributed by atoms with E-state index in [1.54, 1.807) is 0 Å². The summed E-state index contributed by atoms with van der Waals surface area (Å²) in [5.41, 5.74) is 6.99. The van der Waals surface area contributed by atoms with Crippen LogP contribution in [0.3, 0.4) is 0 Å². The van der Waals surface area contributed by atoms with Crippen molar-refractivity contribution in [2.45, 2.75) is 30.7 Å². The van der Waals surface area contributed by atoms with E-state index < -0.39 is 6.04 Å². The molecule has 1 aromatic rings. The molecule has 1 aliphatic rings. The monoisotopic (exact) mass is 332 g/mol. The maximum atomic E-state index is 11.9. The normalized spacial score (nSPS) is 17.3. The molecule has 21 heavy (non-hydrogen) atoms. The lowest BCUT2D eigenvalue weighted by molar-refractivity contribution is -0.123. The second-order valence-corrected chi connectivity index (χ2v) is 5.86. The highest BCUT2D eigenvalue weighted by molar-refractivity contribution is 6.30. The molecule has 0 heterocycles. The SMILES string of the molecule is COCC(N)C(=O)NCC1(c2ccc(Cl)cc2)CCC1.Cl. The summed E-state index contributed by atoms with van der Waals surface area (Å²) in [4.78, 5) is 11.9. The van der Waals surface area contributed by atoms with Gasteiger partial charge < -0.3 is 15.8 Å². The maximum absolute atomic E-state index is 11.9. The summed E-state index contributed by atoms with van der Waals surface area (Å²) in [6, 6.07) is 7.28. The minimum absolute atomic E-state index is 0. The number of amides is 1. The highest BCUT2D eigenvalue weighted by atomic mass is 35.5. The molecule has 1 aromatic carbocycles. The third kappa shape index (κ3) is 4.33. The molecule has 3 N–H and O–H groups in total. The lowest BCUT2D eigenvalue weighted by Crippen LogP contribution is -2.50. The van der Waals surface area contributed by atoms with Gasteiger partial charge in [0.2, 0.25) is 5.91 Å². The zero-order valence-electron chi connectivity index (χ0n) is 12.1. The van der Waals surface area contributed by atoms with E-state index in [1.807, 2.05) is 24.3 Å². The number of carbonyl (C=O) groups excluding carboxylic acids is 1. The zero-order chi connectivity index (χ0) is 14.6. The molecule has 0 radical (unpaired) electrons. The number of halogens is 2. The summed E-state index contributed by atoms with van der Waals surface area (Å²) in [5.74, 6) is -0.160. The highest BCUT2D eigenvalue weighted by Crippen LogP contribution is 2.43. The average molecular weight is 333 g/mol. The van der Waals surface area contributed by atoms with Gasteiger partial charge in [0.05, 0.1) is 6.61 Å². The first-order valence-electron chi connectivity index (χ1n) is 6.86. The first-order chi connectivity index (χ1) is 9.57. The van der Waals surface area contributed by atoms with Crippen LogP contribution in [0, 0.1) is 0 Å². The van der Waals surface area contributed by atoms with Crippen molar-refractivity contribution < 1.29 is 9.53 Å². The van der Waals surface area contributed by atoms with E-state index >= 15 is 0 Å². The Morgan fingerprint density at radius 2 is 2.05 bits per heavy atom. The molecule has 0 spiro atoms. The zero-order valence-corrected chi connectivity index (χ0v) is 13.7. The van der Waals surface area contributed by atoms with Gasteiger partial charge in [0, 0.05) is 24.1 Å². The molecule has 1 saturated carbocycles. The van der Waals surface area contributed by atoms with Gasteiger partial charge in [-0.05, 0) is 30.5 Å². The molecular formula is C15H22Cl2N2O2. The summed E-state index contributed by atoms with van der Waals surface area (Å²) >= 11 is 5.93. The Morgan fingerprint density at radius 1 is 1.43 bits per heavy atom. The molecule has 1 atom stereocenters. The second-order valence-electron chi connectivity index (χ2n) is 5.42. The number of benzene rings is 1. The predicted octanol–water partition coefficient (Wildman–Crippen LogP) is 2.27. The van der Waals surface area contributed by atoms with Crippen LogP contribution in [0.15, 0.2) is 24.3 Å². The lowest BCUT2D eigenvalue weighted by Gasteiger charge is -2.42. The number of rotatable bonds is 6. The van der Waals surface area contributed by atoms with Gasteiger partial charge in [-0.1, -0.05) is 30.2 Å². The van der Waals surface area contributed by atoms with Crippen LogP contribution in [-0.4, -0.2) is 32.2 Å². The van der Waals surface area contributed by atoms with Crippen LogP contribution >= 0.6 is 24.0 Å². The Balaban J connectivity index is 0.00000220. The lowest BCUT2D eigenvalue weighted by atomic mass is 9.64. The van der Waals surface area contributed by atoms with Crippen molar-refractivity contribution in [3.63, 3.8) is 0 Å². The van der Waals surface area contributed by atoms with Crippen LogP contribution in [-0.2, 0) is 14.9 Å². The fourth-order valence-corrected chi connectivity index (χ4v) is 2.74. The van der Waals surface area contributed by atoms with Crippen LogP contribution in [0.2, 0.25) is 5.02 Å². The molecule has 118 valence electrons. The molecule has 1 fully saturated rings. The molecule has 6 heteroatoms. The molecule has 1 aliphatic carbocycles. The molecule has 1 unspecified atom stereocenters. The maximum Gasteiger partial charge on any atom is 0.239 e. The number of hydrogen-bond donors (Lipinski definition) is 2. The van der Waals surface area contributed by atoms with Crippen LogP contribution in [0.25, 0.3) is 0 Å². The van der Waals surface area contributed by atoms with Crippen molar-refractivity contribution >= 4 is 29.9 Å². The Bertz CT molecular complexity index is 461. The van der Waals surface area contributed by atoms with Crippen LogP contribution in [0.1, 0.15) is 24.8 Å². The topological polar surface area (TPSA) is 64.3 Å². The number of carbonyl (C=O) groups is 1. The predicted molar refractivity (Wildman–Crippen MR) is 87.1 cm³/mol. The largest absolute Gasteiger partial charge is 0.383 e. The van der Waals surface area contributed by atoms with Crippen molar-refractivity contribution in [2.24, 2.45) is 5.73 Å². The van der Waals surface area contributed by atoms with Gasteiger partial charge in [0.15, 0.2) is 0 Å². The molecule has 0 bridgehead atoms. The van der Waals surface area contributed by atoms with Gasteiger partial charge in [0.25, 0.3) is 0 Å². The number of nitrogens with two attached hydrogens (primary N) is 1. The van der Waals surface area contributed by atoms with E-state index in [1.165, 1.54) is 19.1 Å². The molecule has 1 amide bonds. The van der Waals surface area contributed by atoms with Gasteiger partial charge in [-0.15, -0.1) is 12.4 Å².